The highest BCUT2D eigenvalue weighted by molar-refractivity contribution is 6.35. The van der Waals surface area contributed by atoms with Crippen molar-refractivity contribution in [2.75, 3.05) is 19.8 Å². The number of rotatable bonds is 7. The molecule has 2 rings (SSSR count). The highest BCUT2D eigenvalue weighted by atomic mass is 35.5. The number of carbonyl (C=O) groups is 1. The van der Waals surface area contributed by atoms with E-state index >= 15 is 0 Å². The Morgan fingerprint density at radius 1 is 1.48 bits per heavy atom. The molecule has 1 fully saturated rings. The van der Waals surface area contributed by atoms with Gasteiger partial charge in [0.1, 0.15) is 5.75 Å². The van der Waals surface area contributed by atoms with Crippen LogP contribution in [0.2, 0.25) is 10.0 Å². The first-order chi connectivity index (χ1) is 10.1. The van der Waals surface area contributed by atoms with E-state index in [0.29, 0.717) is 22.3 Å². The lowest BCUT2D eigenvalue weighted by Gasteiger charge is -2.15. The fourth-order valence-electron chi connectivity index (χ4n) is 2.22. The predicted octanol–water partition coefficient (Wildman–Crippen LogP) is 2.13. The van der Waals surface area contributed by atoms with Gasteiger partial charge in [-0.3, -0.25) is 4.79 Å². The summed E-state index contributed by atoms with van der Waals surface area (Å²) in [5.74, 6) is -0.126. The van der Waals surface area contributed by atoms with Gasteiger partial charge in [-0.15, -0.1) is 0 Å². The maximum Gasteiger partial charge on any atom is 0.255 e. The normalized spacial score (nSPS) is 17.9. The van der Waals surface area contributed by atoms with Crippen LogP contribution in [0.15, 0.2) is 12.1 Å². The third-order valence-corrected chi connectivity index (χ3v) is 3.65. The van der Waals surface area contributed by atoms with E-state index in [4.69, 9.17) is 38.4 Å². The first-order valence-electron chi connectivity index (χ1n) is 6.77. The minimum absolute atomic E-state index is 0.222. The summed E-state index contributed by atoms with van der Waals surface area (Å²) in [6.45, 7) is 1.87. The molecule has 0 saturated carbocycles. The number of primary amides is 1. The summed E-state index contributed by atoms with van der Waals surface area (Å²) in [6.07, 6.45) is 2.41. The molecule has 0 aromatic heterocycles. The smallest absolute Gasteiger partial charge is 0.255 e. The zero-order valence-corrected chi connectivity index (χ0v) is 13.0. The van der Waals surface area contributed by atoms with Crippen molar-refractivity contribution in [3.05, 3.63) is 27.7 Å². The van der Waals surface area contributed by atoms with Crippen molar-refractivity contribution in [1.29, 1.82) is 0 Å². The Balaban J connectivity index is 1.99. The molecule has 1 amide bonds. The number of hydrogen-bond acceptors (Lipinski definition) is 4. The molecule has 0 unspecified atom stereocenters. The Kier molecular flexibility index (Phi) is 6.11. The number of carbonyl (C=O) groups excluding carboxylic acids is 1. The first-order valence-corrected chi connectivity index (χ1v) is 7.53. The average molecular weight is 333 g/mol. The fourth-order valence-corrected chi connectivity index (χ4v) is 2.81. The zero-order chi connectivity index (χ0) is 15.2. The van der Waals surface area contributed by atoms with Gasteiger partial charge in [0, 0.05) is 30.3 Å². The van der Waals surface area contributed by atoms with E-state index in [1.54, 1.807) is 12.1 Å². The zero-order valence-electron chi connectivity index (χ0n) is 11.5. The molecule has 1 aromatic carbocycles. The van der Waals surface area contributed by atoms with Crippen molar-refractivity contribution in [3.63, 3.8) is 0 Å². The van der Waals surface area contributed by atoms with Gasteiger partial charge in [0.25, 0.3) is 5.91 Å². The maximum atomic E-state index is 10.8. The molecule has 1 saturated heterocycles. The third kappa shape index (κ3) is 5.04. The first kappa shape index (κ1) is 16.4. The largest absolute Gasteiger partial charge is 0.482 e. The highest BCUT2D eigenvalue weighted by Crippen LogP contribution is 2.32. The minimum atomic E-state index is -0.556. The predicted molar refractivity (Wildman–Crippen MR) is 81.8 cm³/mol. The van der Waals surface area contributed by atoms with Gasteiger partial charge in [0.05, 0.1) is 11.1 Å². The Morgan fingerprint density at radius 2 is 2.29 bits per heavy atom. The molecule has 0 radical (unpaired) electrons. The quantitative estimate of drug-likeness (QED) is 0.802. The second-order valence-corrected chi connectivity index (χ2v) is 5.74. The average Bonchev–Trinajstić information content (AvgIpc) is 2.90. The van der Waals surface area contributed by atoms with Gasteiger partial charge in [-0.1, -0.05) is 23.2 Å². The summed E-state index contributed by atoms with van der Waals surface area (Å²) in [7, 11) is 0. The molecule has 21 heavy (non-hydrogen) atoms. The van der Waals surface area contributed by atoms with Crippen molar-refractivity contribution in [2.24, 2.45) is 5.73 Å². The molecule has 0 spiro atoms. The summed E-state index contributed by atoms with van der Waals surface area (Å²) in [4.78, 5) is 10.8. The van der Waals surface area contributed by atoms with E-state index in [-0.39, 0.29) is 12.7 Å². The molecule has 5 nitrogen and oxygen atoms in total. The second kappa shape index (κ2) is 7.84. The maximum absolute atomic E-state index is 10.8. The van der Waals surface area contributed by atoms with E-state index in [0.717, 1.165) is 31.6 Å². The minimum Gasteiger partial charge on any atom is -0.482 e. The van der Waals surface area contributed by atoms with Crippen molar-refractivity contribution in [3.8, 4) is 5.75 Å². The number of nitrogens with one attached hydrogen (secondary N) is 1. The molecule has 1 heterocycles. The van der Waals surface area contributed by atoms with Gasteiger partial charge in [0.2, 0.25) is 0 Å². The van der Waals surface area contributed by atoms with Crippen LogP contribution in [0.4, 0.5) is 0 Å². The molecule has 7 heteroatoms. The number of benzene rings is 1. The Labute approximate surface area is 133 Å². The lowest BCUT2D eigenvalue weighted by atomic mass is 10.2. The van der Waals surface area contributed by atoms with Crippen molar-refractivity contribution in [2.45, 2.75) is 25.5 Å². The topological polar surface area (TPSA) is 73.6 Å². The van der Waals surface area contributed by atoms with Crippen LogP contribution in [0, 0.1) is 0 Å². The molecule has 1 atom stereocenters. The molecule has 1 aliphatic heterocycles. The summed E-state index contributed by atoms with van der Waals surface area (Å²) in [6, 6.07) is 3.33. The molecule has 0 aliphatic carbocycles. The highest BCUT2D eigenvalue weighted by Gasteiger charge is 2.16. The number of hydrogen-bond donors (Lipinski definition) is 2. The van der Waals surface area contributed by atoms with Gasteiger partial charge < -0.3 is 20.5 Å². The second-order valence-electron chi connectivity index (χ2n) is 4.90. The van der Waals surface area contributed by atoms with Gasteiger partial charge in [-0.25, -0.2) is 0 Å². The number of ether oxygens (including phenoxy) is 2. The van der Waals surface area contributed by atoms with Gasteiger partial charge >= 0.3 is 0 Å². The molecule has 1 aromatic rings. The van der Waals surface area contributed by atoms with E-state index in [1.807, 2.05) is 0 Å². The van der Waals surface area contributed by atoms with Crippen LogP contribution in [-0.4, -0.2) is 31.8 Å². The molecule has 3 N–H and O–H groups in total. The molecular weight excluding hydrogens is 315 g/mol. The van der Waals surface area contributed by atoms with Crippen LogP contribution in [0.3, 0.4) is 0 Å². The SMILES string of the molecule is NC(=O)COc1c(Cl)cc(Cl)cc1CNC[C@H]1CCCO1. The number of nitrogens with two attached hydrogens (primary N) is 1. The number of halogens is 2. The monoisotopic (exact) mass is 332 g/mol. The van der Waals surface area contributed by atoms with Crippen LogP contribution in [0.25, 0.3) is 0 Å². The van der Waals surface area contributed by atoms with Crippen LogP contribution >= 0.6 is 23.2 Å². The molecule has 1 aliphatic rings. The molecule has 116 valence electrons. The number of amides is 1. The standard InChI is InChI=1S/C14H18Cl2N2O3/c15-10-4-9(6-18-7-11-2-1-3-20-11)14(12(16)5-10)21-8-13(17)19/h4-5,11,18H,1-3,6-8H2,(H2,17,19)/t11-/m1/s1. The molecule has 0 bridgehead atoms. The third-order valence-electron chi connectivity index (χ3n) is 3.16. The lowest BCUT2D eigenvalue weighted by molar-refractivity contribution is -0.119. The molecular formula is C14H18Cl2N2O3. The van der Waals surface area contributed by atoms with E-state index in [2.05, 4.69) is 5.32 Å². The van der Waals surface area contributed by atoms with Crippen molar-refractivity contribution in [1.82, 2.24) is 5.32 Å². The Morgan fingerprint density at radius 3 is 2.95 bits per heavy atom. The van der Waals surface area contributed by atoms with Crippen LogP contribution in [0.1, 0.15) is 18.4 Å². The van der Waals surface area contributed by atoms with E-state index < -0.39 is 5.91 Å². The lowest BCUT2D eigenvalue weighted by Crippen LogP contribution is -2.26. The van der Waals surface area contributed by atoms with Gasteiger partial charge in [0.15, 0.2) is 6.61 Å². The van der Waals surface area contributed by atoms with Crippen molar-refractivity contribution < 1.29 is 14.3 Å². The Bertz CT molecular complexity index is 505. The van der Waals surface area contributed by atoms with Crippen LogP contribution in [0.5, 0.6) is 5.75 Å². The van der Waals surface area contributed by atoms with Crippen LogP contribution in [-0.2, 0) is 16.1 Å². The summed E-state index contributed by atoms with van der Waals surface area (Å²) < 4.78 is 10.9. The van der Waals surface area contributed by atoms with Crippen molar-refractivity contribution >= 4 is 29.1 Å². The van der Waals surface area contributed by atoms with Gasteiger partial charge in [-0.2, -0.15) is 0 Å². The summed E-state index contributed by atoms with van der Waals surface area (Å²) in [5.41, 5.74) is 5.87. The van der Waals surface area contributed by atoms with E-state index in [1.165, 1.54) is 0 Å². The fraction of sp³-hybridized carbons (Fsp3) is 0.500. The summed E-state index contributed by atoms with van der Waals surface area (Å²) in [5, 5.41) is 4.16. The van der Waals surface area contributed by atoms with Gasteiger partial charge in [-0.05, 0) is 25.0 Å². The summed E-state index contributed by atoms with van der Waals surface area (Å²) >= 11 is 12.1. The van der Waals surface area contributed by atoms with Crippen LogP contribution < -0.4 is 15.8 Å². The van der Waals surface area contributed by atoms with E-state index in [9.17, 15) is 4.79 Å². The Hall–Kier alpha value is -1.01.